The maximum absolute atomic E-state index is 12.3. The highest BCUT2D eigenvalue weighted by atomic mass is 35.5. The van der Waals surface area contributed by atoms with E-state index in [1.807, 2.05) is 19.0 Å². The summed E-state index contributed by atoms with van der Waals surface area (Å²) in [4.78, 5) is 22.2. The third-order valence-corrected chi connectivity index (χ3v) is 2.81. The number of hydrogen-bond donors (Lipinski definition) is 0. The van der Waals surface area contributed by atoms with Crippen LogP contribution in [0.4, 0.5) is 0 Å². The van der Waals surface area contributed by atoms with Crippen LogP contribution < -0.4 is 0 Å². The largest absolute Gasteiger partial charge is 0.308 e. The van der Waals surface area contributed by atoms with Crippen LogP contribution in [0.5, 0.6) is 0 Å². The fourth-order valence-electron chi connectivity index (χ4n) is 1.57. The first-order valence-corrected chi connectivity index (χ1v) is 6.15. The van der Waals surface area contributed by atoms with Crippen molar-refractivity contribution in [3.63, 3.8) is 0 Å². The predicted octanol–water partition coefficient (Wildman–Crippen LogP) is 1.12. The molecule has 0 saturated carbocycles. The molecule has 0 aromatic carbocycles. The van der Waals surface area contributed by atoms with E-state index >= 15 is 0 Å². The van der Waals surface area contributed by atoms with E-state index in [4.69, 9.17) is 11.6 Å². The summed E-state index contributed by atoms with van der Waals surface area (Å²) >= 11 is 6.03. The highest BCUT2D eigenvalue weighted by molar-refractivity contribution is 6.34. The summed E-state index contributed by atoms with van der Waals surface area (Å²) < 4.78 is 1.58. The van der Waals surface area contributed by atoms with Gasteiger partial charge < -0.3 is 4.90 Å². The van der Waals surface area contributed by atoms with Crippen LogP contribution in [-0.4, -0.2) is 51.1 Å². The van der Waals surface area contributed by atoms with Gasteiger partial charge in [-0.25, -0.2) is 9.97 Å². The lowest BCUT2D eigenvalue weighted by molar-refractivity contribution is 0.101. The third kappa shape index (κ3) is 3.15. The molecule has 2 heterocycles. The zero-order valence-corrected chi connectivity index (χ0v) is 11.5. The van der Waals surface area contributed by atoms with Gasteiger partial charge in [0, 0.05) is 18.9 Å². The predicted molar refractivity (Wildman–Crippen MR) is 71.3 cm³/mol. The first-order valence-electron chi connectivity index (χ1n) is 5.77. The first kappa shape index (κ1) is 13.6. The smallest absolute Gasteiger partial charge is 0.249 e. The lowest BCUT2D eigenvalue weighted by Gasteiger charge is -2.11. The number of likely N-dealkylation sites (N-methyl/N-ethyl adjacent to an activating group) is 1. The number of halogens is 1. The van der Waals surface area contributed by atoms with Crippen molar-refractivity contribution in [1.29, 1.82) is 0 Å². The van der Waals surface area contributed by atoms with E-state index in [-0.39, 0.29) is 11.6 Å². The molecule has 0 aliphatic carbocycles. The second-order valence-corrected chi connectivity index (χ2v) is 4.68. The summed E-state index contributed by atoms with van der Waals surface area (Å²) in [6.45, 7) is 1.33. The lowest BCUT2D eigenvalue weighted by Crippen LogP contribution is -2.22. The number of carbonyl (C=O) groups is 1. The Bertz CT molecular complexity index is 567. The Morgan fingerprint density at radius 1 is 1.37 bits per heavy atom. The van der Waals surface area contributed by atoms with Crippen molar-refractivity contribution in [3.8, 4) is 0 Å². The highest BCUT2D eigenvalue weighted by Crippen LogP contribution is 2.17. The fraction of sp³-hybridized carbons (Fsp3) is 0.333. The van der Waals surface area contributed by atoms with Crippen molar-refractivity contribution in [2.45, 2.75) is 6.54 Å². The van der Waals surface area contributed by atoms with E-state index in [2.05, 4.69) is 15.1 Å². The van der Waals surface area contributed by atoms with Gasteiger partial charge in [0.2, 0.25) is 11.6 Å². The van der Waals surface area contributed by atoms with E-state index in [0.717, 1.165) is 6.54 Å². The number of aromatic nitrogens is 4. The topological polar surface area (TPSA) is 63.9 Å². The van der Waals surface area contributed by atoms with Crippen LogP contribution >= 0.6 is 11.6 Å². The highest BCUT2D eigenvalue weighted by Gasteiger charge is 2.21. The molecule has 0 atom stereocenters. The SMILES string of the molecule is CN(C)CCn1ncc(Cl)c1C(=O)c1ncccn1. The fourth-order valence-corrected chi connectivity index (χ4v) is 1.80. The first-order chi connectivity index (χ1) is 9.09. The molecule has 0 fully saturated rings. The van der Waals surface area contributed by atoms with Gasteiger partial charge in [0.05, 0.1) is 17.8 Å². The van der Waals surface area contributed by atoms with Crippen LogP contribution in [0.1, 0.15) is 16.3 Å². The van der Waals surface area contributed by atoms with E-state index in [1.54, 1.807) is 10.7 Å². The summed E-state index contributed by atoms with van der Waals surface area (Å²) in [5, 5.41) is 4.43. The minimum Gasteiger partial charge on any atom is -0.308 e. The monoisotopic (exact) mass is 279 g/mol. The van der Waals surface area contributed by atoms with Crippen molar-refractivity contribution < 1.29 is 4.79 Å². The molecule has 0 aliphatic heterocycles. The van der Waals surface area contributed by atoms with Crippen molar-refractivity contribution >= 4 is 17.4 Å². The molecule has 0 saturated heterocycles. The molecular formula is C12H14ClN5O. The molecule has 0 unspecified atom stereocenters. The van der Waals surface area contributed by atoms with Crippen LogP contribution in [0.2, 0.25) is 5.02 Å². The Morgan fingerprint density at radius 2 is 2.05 bits per heavy atom. The Hall–Kier alpha value is -1.79. The maximum Gasteiger partial charge on any atom is 0.249 e. The minimum absolute atomic E-state index is 0.121. The zero-order chi connectivity index (χ0) is 13.8. The number of carbonyl (C=O) groups excluding carboxylic acids is 1. The second kappa shape index (κ2) is 5.90. The average molecular weight is 280 g/mol. The second-order valence-electron chi connectivity index (χ2n) is 4.27. The van der Waals surface area contributed by atoms with E-state index in [1.165, 1.54) is 18.6 Å². The standard InChI is InChI=1S/C12H14ClN5O/c1-17(2)6-7-18-10(9(13)8-16-18)11(19)12-14-4-3-5-15-12/h3-5,8H,6-7H2,1-2H3. The molecule has 2 aromatic rings. The average Bonchev–Trinajstić information content (AvgIpc) is 2.78. The van der Waals surface area contributed by atoms with Gasteiger partial charge in [0.25, 0.3) is 0 Å². The normalized spacial score (nSPS) is 10.9. The van der Waals surface area contributed by atoms with Gasteiger partial charge in [-0.2, -0.15) is 5.10 Å². The number of hydrogen-bond acceptors (Lipinski definition) is 5. The van der Waals surface area contributed by atoms with Crippen LogP contribution in [-0.2, 0) is 6.54 Å². The molecule has 0 aliphatic rings. The number of rotatable bonds is 5. The van der Waals surface area contributed by atoms with Gasteiger partial charge in [0.1, 0.15) is 5.69 Å². The number of ketones is 1. The molecule has 2 aromatic heterocycles. The summed E-state index contributed by atoms with van der Waals surface area (Å²) in [5.74, 6) is -0.196. The molecule has 0 bridgehead atoms. The van der Waals surface area contributed by atoms with Crippen LogP contribution in [0.25, 0.3) is 0 Å². The molecule has 19 heavy (non-hydrogen) atoms. The van der Waals surface area contributed by atoms with Gasteiger partial charge in [-0.05, 0) is 20.2 Å². The van der Waals surface area contributed by atoms with Crippen LogP contribution in [0, 0.1) is 0 Å². The van der Waals surface area contributed by atoms with Crippen molar-refractivity contribution in [1.82, 2.24) is 24.6 Å². The van der Waals surface area contributed by atoms with E-state index in [0.29, 0.717) is 17.3 Å². The third-order valence-electron chi connectivity index (χ3n) is 2.54. The van der Waals surface area contributed by atoms with Gasteiger partial charge >= 0.3 is 0 Å². The Kier molecular flexibility index (Phi) is 4.24. The Labute approximate surface area is 116 Å². The zero-order valence-electron chi connectivity index (χ0n) is 10.7. The maximum atomic E-state index is 12.3. The lowest BCUT2D eigenvalue weighted by atomic mass is 10.2. The van der Waals surface area contributed by atoms with Crippen LogP contribution in [0.15, 0.2) is 24.7 Å². The molecule has 0 radical (unpaired) electrons. The minimum atomic E-state index is -0.318. The van der Waals surface area contributed by atoms with E-state index in [9.17, 15) is 4.79 Å². The Morgan fingerprint density at radius 3 is 2.68 bits per heavy atom. The quantitative estimate of drug-likeness (QED) is 0.768. The Balaban J connectivity index is 2.29. The molecule has 0 spiro atoms. The molecule has 0 amide bonds. The van der Waals surface area contributed by atoms with E-state index < -0.39 is 0 Å². The van der Waals surface area contributed by atoms with Gasteiger partial charge in [-0.3, -0.25) is 9.48 Å². The molecule has 7 heteroatoms. The summed E-state index contributed by atoms with van der Waals surface area (Å²) in [7, 11) is 3.90. The molecule has 6 nitrogen and oxygen atoms in total. The molecule has 100 valence electrons. The van der Waals surface area contributed by atoms with Gasteiger partial charge in [-0.15, -0.1) is 0 Å². The molecule has 0 N–H and O–H groups in total. The van der Waals surface area contributed by atoms with Crippen molar-refractivity contribution in [2.75, 3.05) is 20.6 Å². The van der Waals surface area contributed by atoms with Crippen LogP contribution in [0.3, 0.4) is 0 Å². The number of nitrogens with zero attached hydrogens (tertiary/aromatic N) is 5. The molecule has 2 rings (SSSR count). The summed E-state index contributed by atoms with van der Waals surface area (Å²) in [6.07, 6.45) is 4.51. The van der Waals surface area contributed by atoms with Gasteiger partial charge in [-0.1, -0.05) is 11.6 Å². The van der Waals surface area contributed by atoms with Crippen molar-refractivity contribution in [3.05, 3.63) is 41.2 Å². The summed E-state index contributed by atoms with van der Waals surface area (Å²) in [6, 6.07) is 1.65. The van der Waals surface area contributed by atoms with Crippen molar-refractivity contribution in [2.24, 2.45) is 0 Å². The van der Waals surface area contributed by atoms with Gasteiger partial charge in [0.15, 0.2) is 0 Å². The molecular weight excluding hydrogens is 266 g/mol. The summed E-state index contributed by atoms with van der Waals surface area (Å²) in [5.41, 5.74) is 0.328.